The topological polar surface area (TPSA) is 143 Å². The van der Waals surface area contributed by atoms with E-state index in [9.17, 15) is 24.0 Å². The summed E-state index contributed by atoms with van der Waals surface area (Å²) in [5.41, 5.74) is -0.0876. The van der Waals surface area contributed by atoms with Gasteiger partial charge in [0.05, 0.1) is 12.2 Å². The normalized spacial score (nSPS) is 18.4. The minimum absolute atomic E-state index is 0.115. The summed E-state index contributed by atoms with van der Waals surface area (Å²) in [6.45, 7) is 12.3. The lowest BCUT2D eigenvalue weighted by atomic mass is 9.83. The molecule has 3 aromatic rings. The molecule has 254 valence electrons. The van der Waals surface area contributed by atoms with Gasteiger partial charge >= 0.3 is 23.6 Å². The SMILES string of the molecule is CC(=O)c1ccc(-n2c(=O)n3n(c2=O)C2C(=CC3)C(C)(C)Oc3cc(OC(=O)N4CCC(CNC(=O)OC(C)(C)C)CC4)ccc32)cc1. The van der Waals surface area contributed by atoms with Gasteiger partial charge in [0.15, 0.2) is 5.78 Å². The Morgan fingerprint density at radius 3 is 2.33 bits per heavy atom. The van der Waals surface area contributed by atoms with Gasteiger partial charge in [-0.25, -0.2) is 33.1 Å². The van der Waals surface area contributed by atoms with Crippen LogP contribution < -0.4 is 26.2 Å². The van der Waals surface area contributed by atoms with Crippen LogP contribution in [0.1, 0.15) is 76.3 Å². The number of hydrogen-bond acceptors (Lipinski definition) is 8. The number of nitrogens with one attached hydrogen (secondary N) is 1. The molecule has 1 fully saturated rings. The van der Waals surface area contributed by atoms with Gasteiger partial charge in [-0.15, -0.1) is 0 Å². The summed E-state index contributed by atoms with van der Waals surface area (Å²) in [4.78, 5) is 66.0. The van der Waals surface area contributed by atoms with Gasteiger partial charge in [-0.2, -0.15) is 0 Å². The van der Waals surface area contributed by atoms with Crippen molar-refractivity contribution >= 4 is 18.0 Å². The van der Waals surface area contributed by atoms with Gasteiger partial charge in [-0.3, -0.25) is 4.79 Å². The molecule has 2 aromatic carbocycles. The van der Waals surface area contributed by atoms with E-state index in [0.717, 1.165) is 10.1 Å². The van der Waals surface area contributed by atoms with E-state index in [0.29, 0.717) is 60.8 Å². The Labute approximate surface area is 277 Å². The van der Waals surface area contributed by atoms with Crippen LogP contribution in [0.25, 0.3) is 5.69 Å². The van der Waals surface area contributed by atoms with Gasteiger partial charge in [0.25, 0.3) is 0 Å². The molecule has 0 bridgehead atoms. The summed E-state index contributed by atoms with van der Waals surface area (Å²) >= 11 is 0. The van der Waals surface area contributed by atoms with Gasteiger partial charge in [-0.1, -0.05) is 6.08 Å². The van der Waals surface area contributed by atoms with E-state index in [-0.39, 0.29) is 18.2 Å². The van der Waals surface area contributed by atoms with Crippen LogP contribution in [0.15, 0.2) is 63.7 Å². The van der Waals surface area contributed by atoms with Crippen LogP contribution in [-0.4, -0.2) is 67.6 Å². The van der Waals surface area contributed by atoms with Crippen LogP contribution in [0.4, 0.5) is 9.59 Å². The molecule has 13 nitrogen and oxygen atoms in total. The first-order valence-electron chi connectivity index (χ1n) is 16.2. The number of nitrogens with zero attached hydrogens (tertiary/aromatic N) is 4. The third-order valence-corrected chi connectivity index (χ3v) is 8.97. The fraction of sp³-hybridized carbons (Fsp3) is 0.457. The number of fused-ring (bicyclic) bond motifs is 5. The maximum Gasteiger partial charge on any atom is 0.415 e. The number of Topliss-reactive ketones (excluding diaryl/α,β-unsaturated/α-hetero) is 1. The molecule has 4 heterocycles. The Hall–Kier alpha value is -5.07. The van der Waals surface area contributed by atoms with Crippen molar-refractivity contribution in [2.45, 2.75) is 78.2 Å². The smallest absolute Gasteiger partial charge is 0.415 e. The van der Waals surface area contributed by atoms with E-state index < -0.39 is 40.8 Å². The molecule has 6 rings (SSSR count). The highest BCUT2D eigenvalue weighted by Gasteiger charge is 2.44. The van der Waals surface area contributed by atoms with Gasteiger partial charge in [-0.05, 0) is 102 Å². The van der Waals surface area contributed by atoms with Crippen LogP contribution in [0.2, 0.25) is 0 Å². The predicted octanol–water partition coefficient (Wildman–Crippen LogP) is 4.44. The minimum atomic E-state index is -0.832. The molecule has 3 aliphatic rings. The van der Waals surface area contributed by atoms with E-state index in [1.807, 2.05) is 40.7 Å². The molecule has 48 heavy (non-hydrogen) atoms. The number of rotatable bonds is 5. The number of carbonyl (C=O) groups is 3. The standard InChI is InChI=1S/C35H41N5O8/c1-21(41)23-7-9-24(10-8-23)39-31(43)38-18-15-27-29(40(38)32(39)44)26-12-11-25(19-28(26)47-35(27,5)6)46-33(45)37-16-13-22(14-17-37)20-36-30(42)48-34(2,3)4/h7-12,15,19,22,29H,13-14,16-18,20H2,1-6H3,(H,36,42). The van der Waals surface area contributed by atoms with Crippen LogP contribution in [0.5, 0.6) is 11.5 Å². The van der Waals surface area contributed by atoms with Crippen molar-refractivity contribution in [1.29, 1.82) is 0 Å². The van der Waals surface area contributed by atoms with Crippen molar-refractivity contribution in [2.24, 2.45) is 5.92 Å². The quantitative estimate of drug-likeness (QED) is 0.313. The molecule has 1 saturated heterocycles. The number of aromatic nitrogens is 3. The summed E-state index contributed by atoms with van der Waals surface area (Å²) in [5, 5.41) is 2.81. The molecule has 13 heteroatoms. The Kier molecular flexibility index (Phi) is 8.34. The second-order valence-corrected chi connectivity index (χ2v) is 14.0. The zero-order valence-corrected chi connectivity index (χ0v) is 28.1. The number of allylic oxidation sites excluding steroid dienone is 1. The first kappa shape index (κ1) is 32.9. The number of ketones is 1. The first-order valence-corrected chi connectivity index (χ1v) is 16.2. The number of benzene rings is 2. The van der Waals surface area contributed by atoms with E-state index in [2.05, 4.69) is 5.32 Å². The highest BCUT2D eigenvalue weighted by Crippen LogP contribution is 2.47. The zero-order valence-electron chi connectivity index (χ0n) is 28.1. The van der Waals surface area contributed by atoms with Gasteiger partial charge in [0.1, 0.15) is 28.7 Å². The van der Waals surface area contributed by atoms with Crippen molar-refractivity contribution in [1.82, 2.24) is 24.1 Å². The average Bonchev–Trinajstić information content (AvgIpc) is 3.28. The maximum absolute atomic E-state index is 13.9. The molecule has 0 saturated carbocycles. The number of alkyl carbamates (subject to hydrolysis) is 1. The molecule has 0 radical (unpaired) electrons. The summed E-state index contributed by atoms with van der Waals surface area (Å²) in [6.07, 6.45) is 2.39. The number of ether oxygens (including phenoxy) is 3. The molecule has 1 aromatic heterocycles. The lowest BCUT2D eigenvalue weighted by Crippen LogP contribution is -2.46. The summed E-state index contributed by atoms with van der Waals surface area (Å²) in [6, 6.07) is 10.8. The second-order valence-electron chi connectivity index (χ2n) is 14.0. The molecule has 0 spiro atoms. The lowest BCUT2D eigenvalue weighted by molar-refractivity contribution is 0.0508. The minimum Gasteiger partial charge on any atom is -0.483 e. The molecule has 0 aliphatic carbocycles. The van der Waals surface area contributed by atoms with E-state index in [1.54, 1.807) is 47.4 Å². The lowest BCUT2D eigenvalue weighted by Gasteiger charge is -2.42. The fourth-order valence-corrected chi connectivity index (χ4v) is 6.53. The summed E-state index contributed by atoms with van der Waals surface area (Å²) in [5.74, 6) is 0.829. The molecule has 1 unspecified atom stereocenters. The molecular formula is C35H41N5O8. The van der Waals surface area contributed by atoms with Crippen molar-refractivity contribution in [3.8, 4) is 17.2 Å². The number of hydrogen-bond donors (Lipinski definition) is 1. The van der Waals surface area contributed by atoms with Gasteiger partial charge in [0.2, 0.25) is 0 Å². The van der Waals surface area contributed by atoms with Crippen molar-refractivity contribution in [2.75, 3.05) is 19.6 Å². The van der Waals surface area contributed by atoms with E-state index >= 15 is 0 Å². The summed E-state index contributed by atoms with van der Waals surface area (Å²) in [7, 11) is 0. The molecule has 1 atom stereocenters. The predicted molar refractivity (Wildman–Crippen MR) is 176 cm³/mol. The third kappa shape index (κ3) is 6.28. The number of amides is 2. The molecule has 1 N–H and O–H groups in total. The second kappa shape index (κ2) is 12.2. The number of piperidine rings is 1. The van der Waals surface area contributed by atoms with Gasteiger partial charge < -0.3 is 24.4 Å². The fourth-order valence-electron chi connectivity index (χ4n) is 6.53. The molecular weight excluding hydrogens is 618 g/mol. The van der Waals surface area contributed by atoms with E-state index in [4.69, 9.17) is 14.2 Å². The average molecular weight is 660 g/mol. The Balaban J connectivity index is 1.19. The third-order valence-electron chi connectivity index (χ3n) is 8.97. The Morgan fingerprint density at radius 1 is 1.00 bits per heavy atom. The van der Waals surface area contributed by atoms with Crippen molar-refractivity contribution < 1.29 is 28.6 Å². The largest absolute Gasteiger partial charge is 0.483 e. The maximum atomic E-state index is 13.9. The molecule has 3 aliphatic heterocycles. The highest BCUT2D eigenvalue weighted by molar-refractivity contribution is 5.94. The van der Waals surface area contributed by atoms with Crippen LogP contribution in [0.3, 0.4) is 0 Å². The van der Waals surface area contributed by atoms with Crippen LogP contribution in [0, 0.1) is 5.92 Å². The van der Waals surface area contributed by atoms with Crippen LogP contribution >= 0.6 is 0 Å². The Morgan fingerprint density at radius 2 is 1.69 bits per heavy atom. The first-order chi connectivity index (χ1) is 22.6. The zero-order chi connectivity index (χ0) is 34.5. The van der Waals surface area contributed by atoms with E-state index in [1.165, 1.54) is 16.3 Å². The van der Waals surface area contributed by atoms with Crippen LogP contribution in [-0.2, 0) is 11.3 Å². The highest BCUT2D eigenvalue weighted by atomic mass is 16.6. The number of carbonyl (C=O) groups excluding carboxylic acids is 3. The number of likely N-dealkylation sites (tertiary alicyclic amines) is 1. The Bertz CT molecular complexity index is 1920. The summed E-state index contributed by atoms with van der Waals surface area (Å²) < 4.78 is 21.4. The van der Waals surface area contributed by atoms with Crippen molar-refractivity contribution in [3.05, 3.63) is 86.2 Å². The molecule has 2 amide bonds. The van der Waals surface area contributed by atoms with Crippen molar-refractivity contribution in [3.63, 3.8) is 0 Å². The monoisotopic (exact) mass is 659 g/mol. The van der Waals surface area contributed by atoms with Gasteiger partial charge in [0, 0.05) is 36.8 Å².